The van der Waals surface area contributed by atoms with E-state index >= 15 is 0 Å². The van der Waals surface area contributed by atoms with Gasteiger partial charge < -0.3 is 9.80 Å². The first-order valence-corrected chi connectivity index (χ1v) is 8.70. The first-order valence-electron chi connectivity index (χ1n) is 8.70. The number of H-pyrrole nitrogens is 1. The van der Waals surface area contributed by atoms with Gasteiger partial charge in [-0.05, 0) is 19.4 Å². The van der Waals surface area contributed by atoms with Crippen LogP contribution in [0, 0.1) is 0 Å². The molecule has 0 aliphatic carbocycles. The van der Waals surface area contributed by atoms with Gasteiger partial charge in [-0.3, -0.25) is 14.7 Å². The highest BCUT2D eigenvalue weighted by atomic mass is 16.2. The average molecular weight is 340 g/mol. The van der Waals surface area contributed by atoms with E-state index in [1.54, 1.807) is 16.8 Å². The topological polar surface area (TPSA) is 69.3 Å². The first kappa shape index (κ1) is 17.2. The second-order valence-electron chi connectivity index (χ2n) is 6.49. The molecule has 2 heterocycles. The number of nitrogens with one attached hydrogen (secondary N) is 1. The highest BCUT2D eigenvalue weighted by molar-refractivity contribution is 5.80. The molecule has 2 amide bonds. The quantitative estimate of drug-likeness (QED) is 0.879. The van der Waals surface area contributed by atoms with Crippen LogP contribution >= 0.6 is 0 Å². The number of amides is 2. The molecule has 2 aromatic rings. The number of aromatic amines is 1. The summed E-state index contributed by atoms with van der Waals surface area (Å²) in [5, 5.41) is 7.39. The second kappa shape index (κ2) is 7.51. The lowest BCUT2D eigenvalue weighted by Crippen LogP contribution is -2.34. The molecule has 1 aromatic heterocycles. The van der Waals surface area contributed by atoms with Gasteiger partial charge in [0.2, 0.25) is 11.8 Å². The number of hydrogen-bond donors (Lipinski definition) is 1. The number of aromatic nitrogens is 2. The molecule has 0 radical (unpaired) electrons. The van der Waals surface area contributed by atoms with E-state index in [9.17, 15) is 9.59 Å². The fraction of sp³-hybridized carbons (Fsp3) is 0.421. The lowest BCUT2D eigenvalue weighted by Gasteiger charge is -2.25. The Bertz CT molecular complexity index is 741. The van der Waals surface area contributed by atoms with Crippen LogP contribution < -0.4 is 0 Å². The number of hydrogen-bond acceptors (Lipinski definition) is 3. The Balaban J connectivity index is 1.60. The van der Waals surface area contributed by atoms with Crippen LogP contribution in [-0.2, 0) is 9.59 Å². The molecule has 25 heavy (non-hydrogen) atoms. The van der Waals surface area contributed by atoms with Crippen molar-refractivity contribution in [3.8, 4) is 11.3 Å². The van der Waals surface area contributed by atoms with Gasteiger partial charge in [0.05, 0.1) is 17.4 Å². The van der Waals surface area contributed by atoms with E-state index in [-0.39, 0.29) is 17.9 Å². The summed E-state index contributed by atoms with van der Waals surface area (Å²) in [6.07, 6.45) is 1.86. The normalized spacial score (nSPS) is 15.4. The Hall–Kier alpha value is -2.63. The third kappa shape index (κ3) is 3.90. The van der Waals surface area contributed by atoms with Crippen molar-refractivity contribution >= 4 is 11.8 Å². The van der Waals surface area contributed by atoms with Crippen LogP contribution in [0.2, 0.25) is 0 Å². The summed E-state index contributed by atoms with van der Waals surface area (Å²) in [7, 11) is 1.79. The summed E-state index contributed by atoms with van der Waals surface area (Å²) in [6.45, 7) is 3.25. The van der Waals surface area contributed by atoms with Crippen molar-refractivity contribution in [3.05, 3.63) is 42.1 Å². The van der Waals surface area contributed by atoms with Crippen LogP contribution in [0.5, 0.6) is 0 Å². The largest absolute Gasteiger partial charge is 0.342 e. The van der Waals surface area contributed by atoms with Crippen molar-refractivity contribution in [1.29, 1.82) is 0 Å². The number of likely N-dealkylation sites (tertiary alicyclic amines) is 1. The molecule has 1 fully saturated rings. The van der Waals surface area contributed by atoms with E-state index in [2.05, 4.69) is 10.2 Å². The van der Waals surface area contributed by atoms with E-state index in [0.717, 1.165) is 29.9 Å². The van der Waals surface area contributed by atoms with Crippen molar-refractivity contribution in [2.24, 2.45) is 0 Å². The smallest absolute Gasteiger partial charge is 0.224 e. The van der Waals surface area contributed by atoms with Crippen LogP contribution in [0.3, 0.4) is 0 Å². The monoisotopic (exact) mass is 340 g/mol. The van der Waals surface area contributed by atoms with E-state index in [4.69, 9.17) is 0 Å². The molecule has 1 aliphatic heterocycles. The Morgan fingerprint density at radius 3 is 2.80 bits per heavy atom. The minimum absolute atomic E-state index is 0.0306. The maximum atomic E-state index is 12.5. The van der Waals surface area contributed by atoms with Gasteiger partial charge in [0, 0.05) is 38.5 Å². The lowest BCUT2D eigenvalue weighted by molar-refractivity contribution is -0.133. The Morgan fingerprint density at radius 1 is 1.36 bits per heavy atom. The summed E-state index contributed by atoms with van der Waals surface area (Å²) < 4.78 is 0. The van der Waals surface area contributed by atoms with Crippen LogP contribution in [0.1, 0.15) is 37.9 Å². The molecule has 0 spiro atoms. The van der Waals surface area contributed by atoms with Crippen molar-refractivity contribution in [1.82, 2.24) is 20.0 Å². The van der Waals surface area contributed by atoms with Crippen LogP contribution in [0.15, 0.2) is 36.4 Å². The Labute approximate surface area is 147 Å². The number of rotatable bonds is 6. The van der Waals surface area contributed by atoms with E-state index < -0.39 is 0 Å². The predicted octanol–water partition coefficient (Wildman–Crippen LogP) is 2.61. The lowest BCUT2D eigenvalue weighted by atomic mass is 10.1. The first-order chi connectivity index (χ1) is 12.1. The zero-order valence-corrected chi connectivity index (χ0v) is 14.7. The van der Waals surface area contributed by atoms with Crippen molar-refractivity contribution < 1.29 is 9.59 Å². The second-order valence-corrected chi connectivity index (χ2v) is 6.49. The van der Waals surface area contributed by atoms with Crippen molar-refractivity contribution in [3.63, 3.8) is 0 Å². The highest BCUT2D eigenvalue weighted by Crippen LogP contribution is 2.23. The maximum absolute atomic E-state index is 12.5. The third-order valence-electron chi connectivity index (χ3n) is 4.86. The fourth-order valence-corrected chi connectivity index (χ4v) is 3.08. The zero-order chi connectivity index (χ0) is 17.8. The summed E-state index contributed by atoms with van der Waals surface area (Å²) in [5.41, 5.74) is 2.80. The molecule has 1 N–H and O–H groups in total. The molecule has 132 valence electrons. The molecular weight excluding hydrogens is 316 g/mol. The van der Waals surface area contributed by atoms with E-state index in [0.29, 0.717) is 19.4 Å². The van der Waals surface area contributed by atoms with Crippen LogP contribution in [-0.4, -0.2) is 51.9 Å². The maximum Gasteiger partial charge on any atom is 0.224 e. The standard InChI is InChI=1S/C19H24N4O2/c1-14(16-13-17(21-20-16)15-7-4-3-5-8-15)22(2)18(24)10-12-23-11-6-9-19(23)25/h3-5,7-8,13-14H,6,9-12H2,1-2H3,(H,20,21)/t14-/m0/s1. The predicted molar refractivity (Wildman–Crippen MR) is 95.6 cm³/mol. The summed E-state index contributed by atoms with van der Waals surface area (Å²) >= 11 is 0. The minimum atomic E-state index is -0.105. The molecule has 1 saturated heterocycles. The van der Waals surface area contributed by atoms with Gasteiger partial charge in [0.25, 0.3) is 0 Å². The molecule has 3 rings (SSSR count). The summed E-state index contributed by atoms with van der Waals surface area (Å²) in [4.78, 5) is 27.6. The molecule has 1 atom stereocenters. The molecule has 1 aromatic carbocycles. The van der Waals surface area contributed by atoms with E-state index in [1.165, 1.54) is 0 Å². The molecule has 6 heteroatoms. The SMILES string of the molecule is C[C@@H](c1cc(-c2ccccc2)n[nH]1)N(C)C(=O)CCN1CCCC1=O. The van der Waals surface area contributed by atoms with E-state index in [1.807, 2.05) is 43.3 Å². The third-order valence-corrected chi connectivity index (χ3v) is 4.86. The van der Waals surface area contributed by atoms with Gasteiger partial charge in [0.1, 0.15) is 0 Å². The molecular formula is C19H24N4O2. The van der Waals surface area contributed by atoms with Crippen LogP contribution in [0.4, 0.5) is 0 Å². The number of carbonyl (C=O) groups is 2. The molecule has 0 saturated carbocycles. The number of benzene rings is 1. The molecule has 0 unspecified atom stereocenters. The molecule has 0 bridgehead atoms. The summed E-state index contributed by atoms with van der Waals surface area (Å²) in [5.74, 6) is 0.188. The molecule has 1 aliphatic rings. The van der Waals surface area contributed by atoms with Gasteiger partial charge in [-0.2, -0.15) is 5.10 Å². The zero-order valence-electron chi connectivity index (χ0n) is 14.7. The van der Waals surface area contributed by atoms with Gasteiger partial charge in [-0.15, -0.1) is 0 Å². The Kier molecular flexibility index (Phi) is 5.16. The van der Waals surface area contributed by atoms with Gasteiger partial charge in [0.15, 0.2) is 0 Å². The highest BCUT2D eigenvalue weighted by Gasteiger charge is 2.23. The number of nitrogens with zero attached hydrogens (tertiary/aromatic N) is 3. The van der Waals surface area contributed by atoms with Crippen molar-refractivity contribution in [2.75, 3.05) is 20.1 Å². The van der Waals surface area contributed by atoms with Gasteiger partial charge in [-0.1, -0.05) is 30.3 Å². The van der Waals surface area contributed by atoms with Crippen LogP contribution in [0.25, 0.3) is 11.3 Å². The molecule has 6 nitrogen and oxygen atoms in total. The van der Waals surface area contributed by atoms with Gasteiger partial charge >= 0.3 is 0 Å². The van der Waals surface area contributed by atoms with Gasteiger partial charge in [-0.25, -0.2) is 0 Å². The summed E-state index contributed by atoms with van der Waals surface area (Å²) in [6, 6.07) is 11.8. The van der Waals surface area contributed by atoms with Crippen molar-refractivity contribution in [2.45, 2.75) is 32.2 Å². The average Bonchev–Trinajstić information content (AvgIpc) is 3.28. The minimum Gasteiger partial charge on any atom is -0.342 e. The Morgan fingerprint density at radius 2 is 2.12 bits per heavy atom. The fourth-order valence-electron chi connectivity index (χ4n) is 3.08. The number of carbonyl (C=O) groups excluding carboxylic acids is 2.